The lowest BCUT2D eigenvalue weighted by molar-refractivity contribution is 0.575. The van der Waals surface area contributed by atoms with Crippen LogP contribution in [0.2, 0.25) is 0 Å². The van der Waals surface area contributed by atoms with E-state index in [1.54, 1.807) is 0 Å². The lowest BCUT2D eigenvalue weighted by Gasteiger charge is -2.22. The molecule has 1 nitrogen and oxygen atoms in total. The van der Waals surface area contributed by atoms with Crippen molar-refractivity contribution >= 4 is 7.14 Å². The Labute approximate surface area is 74.9 Å². The Balaban J connectivity index is 2.68. The molecule has 68 valence electrons. The van der Waals surface area contributed by atoms with Crippen molar-refractivity contribution in [3.63, 3.8) is 0 Å². The molecule has 0 aromatic heterocycles. The molecule has 1 unspecified atom stereocenters. The van der Waals surface area contributed by atoms with Gasteiger partial charge in [0.15, 0.2) is 0 Å². The second kappa shape index (κ2) is 3.62. The van der Waals surface area contributed by atoms with E-state index in [1.165, 1.54) is 5.57 Å². The fourth-order valence-corrected chi connectivity index (χ4v) is 4.82. The number of hydrogen-bond donors (Lipinski definition) is 0. The zero-order valence-electron chi connectivity index (χ0n) is 7.97. The minimum absolute atomic E-state index is 0.748. The molecule has 1 aliphatic heterocycles. The largest absolute Gasteiger partial charge is 0.323 e. The maximum Gasteiger partial charge on any atom is 0.0957 e. The van der Waals surface area contributed by atoms with Crippen LogP contribution in [-0.2, 0) is 4.57 Å². The van der Waals surface area contributed by atoms with Gasteiger partial charge in [0, 0.05) is 18.5 Å². The molecule has 0 bridgehead atoms. The molecule has 12 heavy (non-hydrogen) atoms. The Hall–Kier alpha value is -0.290. The maximum atomic E-state index is 12.2. The summed E-state index contributed by atoms with van der Waals surface area (Å²) in [5.74, 6) is 0. The zero-order valence-corrected chi connectivity index (χ0v) is 8.86. The molecule has 2 heteroatoms. The van der Waals surface area contributed by atoms with Gasteiger partial charge in [0.1, 0.15) is 0 Å². The molecule has 1 heterocycles. The second-order valence-electron chi connectivity index (χ2n) is 3.89. The van der Waals surface area contributed by atoms with Gasteiger partial charge in [0.2, 0.25) is 0 Å². The first kappa shape index (κ1) is 9.80. The highest BCUT2D eigenvalue weighted by atomic mass is 31.2. The third kappa shape index (κ3) is 2.64. The van der Waals surface area contributed by atoms with E-state index >= 15 is 0 Å². The van der Waals surface area contributed by atoms with Gasteiger partial charge >= 0.3 is 0 Å². The third-order valence-electron chi connectivity index (χ3n) is 2.13. The van der Waals surface area contributed by atoms with Crippen molar-refractivity contribution in [3.05, 3.63) is 23.8 Å². The van der Waals surface area contributed by atoms with Crippen molar-refractivity contribution in [2.45, 2.75) is 20.3 Å². The minimum Gasteiger partial charge on any atom is -0.323 e. The average Bonchev–Trinajstić information content (AvgIpc) is 1.82. The van der Waals surface area contributed by atoms with Gasteiger partial charge in [-0.05, 0) is 20.3 Å². The number of hydrogen-bond acceptors (Lipinski definition) is 1. The van der Waals surface area contributed by atoms with Crippen LogP contribution >= 0.6 is 7.14 Å². The molecule has 0 saturated heterocycles. The molecular weight excluding hydrogens is 167 g/mol. The van der Waals surface area contributed by atoms with Crippen molar-refractivity contribution in [2.75, 3.05) is 18.5 Å². The standard InChI is InChI=1S/C10H17OP/c1-9(2)7-12(11)6-4-5-10(3)8-12/h5H,1,4,6-8H2,2-3H3. The lowest BCUT2D eigenvalue weighted by Crippen LogP contribution is -2.06. The Kier molecular flexibility index (Phi) is 2.95. The SMILES string of the molecule is C=C(C)CP1(=O)CCC=C(C)C1. The van der Waals surface area contributed by atoms with E-state index in [0.717, 1.165) is 30.5 Å². The minimum atomic E-state index is -1.89. The fourth-order valence-electron chi connectivity index (χ4n) is 1.77. The summed E-state index contributed by atoms with van der Waals surface area (Å²) < 4.78 is 12.2. The van der Waals surface area contributed by atoms with Crippen LogP contribution < -0.4 is 0 Å². The molecule has 0 amide bonds. The zero-order chi connectivity index (χ0) is 9.19. The van der Waals surface area contributed by atoms with Crippen LogP contribution in [0.4, 0.5) is 0 Å². The molecule has 0 aliphatic carbocycles. The monoisotopic (exact) mass is 184 g/mol. The number of rotatable bonds is 2. The van der Waals surface area contributed by atoms with Crippen LogP contribution in [0.3, 0.4) is 0 Å². The van der Waals surface area contributed by atoms with E-state index in [-0.39, 0.29) is 0 Å². The molecule has 0 radical (unpaired) electrons. The van der Waals surface area contributed by atoms with Crippen LogP contribution in [0, 0.1) is 0 Å². The lowest BCUT2D eigenvalue weighted by atomic mass is 10.3. The molecule has 0 spiro atoms. The van der Waals surface area contributed by atoms with Crippen LogP contribution in [0.25, 0.3) is 0 Å². The summed E-state index contributed by atoms with van der Waals surface area (Å²) in [6.07, 6.45) is 5.65. The molecule has 0 aromatic carbocycles. The van der Waals surface area contributed by atoms with E-state index in [1.807, 2.05) is 6.92 Å². The Bertz CT molecular complexity index is 263. The predicted octanol–water partition coefficient (Wildman–Crippen LogP) is 3.28. The van der Waals surface area contributed by atoms with Gasteiger partial charge in [-0.2, -0.15) is 0 Å². The molecule has 0 fully saturated rings. The molecule has 1 aliphatic rings. The van der Waals surface area contributed by atoms with Crippen molar-refractivity contribution in [2.24, 2.45) is 0 Å². The summed E-state index contributed by atoms with van der Waals surface area (Å²) in [4.78, 5) is 0. The Morgan fingerprint density at radius 2 is 2.42 bits per heavy atom. The highest BCUT2D eigenvalue weighted by Crippen LogP contribution is 2.51. The first-order valence-electron chi connectivity index (χ1n) is 4.39. The summed E-state index contributed by atoms with van der Waals surface area (Å²) in [7, 11) is -1.89. The van der Waals surface area contributed by atoms with Crippen molar-refractivity contribution in [3.8, 4) is 0 Å². The van der Waals surface area contributed by atoms with Gasteiger partial charge in [0.25, 0.3) is 0 Å². The van der Waals surface area contributed by atoms with E-state index < -0.39 is 7.14 Å². The summed E-state index contributed by atoms with van der Waals surface area (Å²) in [5, 5.41) is 0. The van der Waals surface area contributed by atoms with Gasteiger partial charge in [0.05, 0.1) is 7.14 Å². The number of allylic oxidation sites excluding steroid dienone is 3. The van der Waals surface area contributed by atoms with Crippen LogP contribution in [0.1, 0.15) is 20.3 Å². The third-order valence-corrected chi connectivity index (χ3v) is 5.39. The average molecular weight is 184 g/mol. The predicted molar refractivity (Wildman–Crippen MR) is 55.4 cm³/mol. The van der Waals surface area contributed by atoms with Gasteiger partial charge in [-0.25, -0.2) is 0 Å². The van der Waals surface area contributed by atoms with Gasteiger partial charge in [-0.15, -0.1) is 0 Å². The highest BCUT2D eigenvalue weighted by molar-refractivity contribution is 7.64. The second-order valence-corrected chi connectivity index (χ2v) is 7.09. The van der Waals surface area contributed by atoms with Crippen LogP contribution in [0.5, 0.6) is 0 Å². The summed E-state index contributed by atoms with van der Waals surface area (Å²) in [5.41, 5.74) is 2.36. The Morgan fingerprint density at radius 1 is 1.75 bits per heavy atom. The molecule has 1 rings (SSSR count). The van der Waals surface area contributed by atoms with Gasteiger partial charge < -0.3 is 4.57 Å². The summed E-state index contributed by atoms with van der Waals surface area (Å²) in [6.45, 7) is 7.87. The smallest absolute Gasteiger partial charge is 0.0957 e. The van der Waals surface area contributed by atoms with E-state index in [9.17, 15) is 4.57 Å². The van der Waals surface area contributed by atoms with E-state index in [2.05, 4.69) is 19.6 Å². The molecule has 0 aromatic rings. The van der Waals surface area contributed by atoms with Gasteiger partial charge in [-0.1, -0.05) is 23.8 Å². The fraction of sp³-hybridized carbons (Fsp3) is 0.600. The van der Waals surface area contributed by atoms with Crippen molar-refractivity contribution < 1.29 is 4.57 Å². The van der Waals surface area contributed by atoms with Gasteiger partial charge in [-0.3, -0.25) is 0 Å². The molecule has 0 N–H and O–H groups in total. The van der Waals surface area contributed by atoms with Crippen molar-refractivity contribution in [1.82, 2.24) is 0 Å². The topological polar surface area (TPSA) is 17.1 Å². The molecule has 0 saturated carbocycles. The van der Waals surface area contributed by atoms with Crippen molar-refractivity contribution in [1.29, 1.82) is 0 Å². The maximum absolute atomic E-state index is 12.2. The highest BCUT2D eigenvalue weighted by Gasteiger charge is 2.24. The molecular formula is C10H17OP. The summed E-state index contributed by atoms with van der Waals surface area (Å²) in [6, 6.07) is 0. The van der Waals surface area contributed by atoms with E-state index in [0.29, 0.717) is 0 Å². The van der Waals surface area contributed by atoms with Crippen LogP contribution in [0.15, 0.2) is 23.8 Å². The van der Waals surface area contributed by atoms with Crippen LogP contribution in [-0.4, -0.2) is 18.5 Å². The molecule has 1 atom stereocenters. The first-order valence-corrected chi connectivity index (χ1v) is 6.65. The summed E-state index contributed by atoms with van der Waals surface area (Å²) >= 11 is 0. The first-order chi connectivity index (χ1) is 5.52. The van der Waals surface area contributed by atoms with E-state index in [4.69, 9.17) is 0 Å². The normalized spacial score (nSPS) is 29.7. The quantitative estimate of drug-likeness (QED) is 0.475. The Morgan fingerprint density at radius 3 is 2.92 bits per heavy atom.